The molecule has 2 aromatic rings. The van der Waals surface area contributed by atoms with Crippen molar-refractivity contribution >= 4 is 69.7 Å². The number of cyclic esters (lactones) is 1. The number of rotatable bonds is 5. The Balaban J connectivity index is 2.01. The molecule has 0 amide bonds. The van der Waals surface area contributed by atoms with E-state index in [0.29, 0.717) is 22.8 Å². The van der Waals surface area contributed by atoms with Gasteiger partial charge >= 0.3 is 11.9 Å². The number of hydrogen-bond donors (Lipinski definition) is 0. The van der Waals surface area contributed by atoms with Gasteiger partial charge in [0.2, 0.25) is 5.90 Å². The van der Waals surface area contributed by atoms with Gasteiger partial charge in [-0.25, -0.2) is 9.79 Å². The second-order valence-electron chi connectivity index (χ2n) is 5.82. The summed E-state index contributed by atoms with van der Waals surface area (Å²) >= 11 is 14.6. The Bertz CT molecular complexity index is 1070. The highest BCUT2D eigenvalue weighted by molar-refractivity contribution is 14.1. The summed E-state index contributed by atoms with van der Waals surface area (Å²) < 4.78 is 16.8. The predicted molar refractivity (Wildman–Crippen MR) is 119 cm³/mol. The molecule has 0 radical (unpaired) electrons. The van der Waals surface area contributed by atoms with Crippen LogP contribution in [-0.4, -0.2) is 24.4 Å². The average molecular weight is 546 g/mol. The quantitative estimate of drug-likeness (QED) is 0.221. The van der Waals surface area contributed by atoms with Crippen LogP contribution in [0.3, 0.4) is 0 Å². The molecule has 0 unspecified atom stereocenters. The monoisotopic (exact) mass is 545 g/mol. The molecule has 0 aromatic heterocycles. The van der Waals surface area contributed by atoms with Crippen LogP contribution in [-0.2, 0) is 14.3 Å². The fourth-order valence-corrected chi connectivity index (χ4v) is 3.47. The summed E-state index contributed by atoms with van der Waals surface area (Å²) in [6, 6.07) is 8.45. The lowest BCUT2D eigenvalue weighted by molar-refractivity contribution is -0.132. The minimum Gasteiger partial charge on any atom is -0.490 e. The van der Waals surface area contributed by atoms with Crippen LogP contribution in [0.4, 0.5) is 0 Å². The number of carbonyl (C=O) groups is 2. The van der Waals surface area contributed by atoms with Crippen molar-refractivity contribution < 1.29 is 23.8 Å². The van der Waals surface area contributed by atoms with Crippen molar-refractivity contribution in [1.82, 2.24) is 0 Å². The minimum atomic E-state index is -0.618. The van der Waals surface area contributed by atoms with E-state index in [1.165, 1.54) is 19.1 Å². The molecule has 0 bridgehead atoms. The first-order chi connectivity index (χ1) is 13.8. The van der Waals surface area contributed by atoms with E-state index < -0.39 is 11.9 Å². The van der Waals surface area contributed by atoms with Gasteiger partial charge in [0, 0.05) is 10.5 Å². The van der Waals surface area contributed by atoms with Gasteiger partial charge in [0.25, 0.3) is 0 Å². The Kier molecular flexibility index (Phi) is 6.81. The summed E-state index contributed by atoms with van der Waals surface area (Å²) in [4.78, 5) is 27.9. The zero-order valence-corrected chi connectivity index (χ0v) is 19.0. The van der Waals surface area contributed by atoms with Gasteiger partial charge in [0.1, 0.15) is 0 Å². The van der Waals surface area contributed by atoms with Crippen LogP contribution in [0.25, 0.3) is 6.08 Å². The van der Waals surface area contributed by atoms with Crippen molar-refractivity contribution in [3.05, 3.63) is 60.8 Å². The second kappa shape index (κ2) is 9.15. The van der Waals surface area contributed by atoms with Crippen molar-refractivity contribution in [2.75, 3.05) is 6.61 Å². The molecule has 6 nitrogen and oxygen atoms in total. The van der Waals surface area contributed by atoms with Crippen molar-refractivity contribution in [2.45, 2.75) is 13.8 Å². The van der Waals surface area contributed by atoms with E-state index in [4.69, 9.17) is 37.4 Å². The molecule has 0 atom stereocenters. The van der Waals surface area contributed by atoms with E-state index in [1.54, 1.807) is 25.1 Å². The normalized spacial score (nSPS) is 14.6. The third-order valence-corrected chi connectivity index (χ3v) is 4.94. The number of esters is 2. The highest BCUT2D eigenvalue weighted by atomic mass is 127. The second-order valence-corrected chi connectivity index (χ2v) is 7.88. The molecular weight excluding hydrogens is 532 g/mol. The maximum atomic E-state index is 12.3. The Morgan fingerprint density at radius 3 is 2.69 bits per heavy atom. The maximum absolute atomic E-state index is 12.3. The van der Waals surface area contributed by atoms with Gasteiger partial charge < -0.3 is 14.2 Å². The van der Waals surface area contributed by atoms with E-state index in [0.717, 1.165) is 3.57 Å². The highest BCUT2D eigenvalue weighted by Gasteiger charge is 2.26. The van der Waals surface area contributed by atoms with Crippen molar-refractivity contribution in [2.24, 2.45) is 4.99 Å². The Labute approximate surface area is 190 Å². The number of carbonyl (C=O) groups excluding carboxylic acids is 2. The van der Waals surface area contributed by atoms with E-state index in [1.807, 2.05) is 6.07 Å². The van der Waals surface area contributed by atoms with Crippen molar-refractivity contribution in [3.8, 4) is 11.5 Å². The Morgan fingerprint density at radius 1 is 1.24 bits per heavy atom. The molecular formula is C20H14Cl2INO5. The summed E-state index contributed by atoms with van der Waals surface area (Å²) in [5.41, 5.74) is 1.13. The van der Waals surface area contributed by atoms with Crippen LogP contribution in [0.15, 0.2) is 41.0 Å². The van der Waals surface area contributed by atoms with E-state index >= 15 is 0 Å². The molecule has 2 aromatic carbocycles. The summed E-state index contributed by atoms with van der Waals surface area (Å²) in [6.07, 6.45) is 1.50. The molecule has 3 rings (SSSR count). The lowest BCUT2D eigenvalue weighted by Gasteiger charge is -2.12. The Morgan fingerprint density at radius 2 is 2.00 bits per heavy atom. The highest BCUT2D eigenvalue weighted by Crippen LogP contribution is 2.38. The zero-order valence-electron chi connectivity index (χ0n) is 15.3. The topological polar surface area (TPSA) is 74.2 Å². The Hall–Kier alpha value is -2.10. The molecule has 0 fully saturated rings. The molecule has 9 heteroatoms. The standard InChI is InChI=1S/C20H14Cl2INO5/c1-3-27-17-8-11(6-15(22)18(17)28-10(2)25)7-16-20(26)29-19(24-16)13-9-12(23)4-5-14(13)21/h4-9H,3H2,1-2H3. The van der Waals surface area contributed by atoms with Gasteiger partial charge in [0.15, 0.2) is 17.2 Å². The lowest BCUT2D eigenvalue weighted by atomic mass is 10.1. The molecule has 1 heterocycles. The number of nitrogens with zero attached hydrogens (tertiary/aromatic N) is 1. The van der Waals surface area contributed by atoms with Gasteiger partial charge in [0.05, 0.1) is 22.2 Å². The molecule has 0 saturated carbocycles. The lowest BCUT2D eigenvalue weighted by Crippen LogP contribution is -2.06. The molecule has 0 saturated heterocycles. The van der Waals surface area contributed by atoms with Crippen LogP contribution in [0.1, 0.15) is 25.0 Å². The number of ether oxygens (including phenoxy) is 3. The van der Waals surface area contributed by atoms with Crippen molar-refractivity contribution in [3.63, 3.8) is 0 Å². The van der Waals surface area contributed by atoms with Crippen molar-refractivity contribution in [1.29, 1.82) is 0 Å². The van der Waals surface area contributed by atoms with Gasteiger partial charge in [-0.1, -0.05) is 23.2 Å². The SMILES string of the molecule is CCOc1cc(C=C2N=C(c3cc(I)ccc3Cl)OC2=O)cc(Cl)c1OC(C)=O. The number of halogens is 3. The average Bonchev–Trinajstić information content (AvgIpc) is 3.00. The van der Waals surface area contributed by atoms with Crippen LogP contribution >= 0.6 is 45.8 Å². The smallest absolute Gasteiger partial charge is 0.363 e. The van der Waals surface area contributed by atoms with Crippen LogP contribution in [0.2, 0.25) is 10.0 Å². The molecule has 0 aliphatic carbocycles. The van der Waals surface area contributed by atoms with Crippen LogP contribution < -0.4 is 9.47 Å². The fourth-order valence-electron chi connectivity index (χ4n) is 2.52. The largest absolute Gasteiger partial charge is 0.490 e. The summed E-state index contributed by atoms with van der Waals surface area (Å²) in [7, 11) is 0. The predicted octanol–water partition coefficient (Wildman–Crippen LogP) is 5.27. The first-order valence-electron chi connectivity index (χ1n) is 8.41. The number of aliphatic imine (C=N–C) groups is 1. The van der Waals surface area contributed by atoms with E-state index in [-0.39, 0.29) is 28.1 Å². The van der Waals surface area contributed by atoms with E-state index in [2.05, 4.69) is 27.6 Å². The fraction of sp³-hybridized carbons (Fsp3) is 0.150. The van der Waals surface area contributed by atoms with Crippen LogP contribution in [0.5, 0.6) is 11.5 Å². The van der Waals surface area contributed by atoms with Crippen LogP contribution in [0, 0.1) is 3.57 Å². The third kappa shape index (κ3) is 5.09. The maximum Gasteiger partial charge on any atom is 0.363 e. The minimum absolute atomic E-state index is 0.0775. The van der Waals surface area contributed by atoms with Gasteiger partial charge in [-0.05, 0) is 71.5 Å². The number of hydrogen-bond acceptors (Lipinski definition) is 6. The number of benzene rings is 2. The van der Waals surface area contributed by atoms with Gasteiger partial charge in [-0.3, -0.25) is 4.79 Å². The summed E-state index contributed by atoms with van der Waals surface area (Å²) in [5.74, 6) is -0.627. The molecule has 0 N–H and O–H groups in total. The third-order valence-electron chi connectivity index (χ3n) is 3.66. The first kappa shape index (κ1) is 21.6. The molecule has 29 heavy (non-hydrogen) atoms. The molecule has 1 aliphatic rings. The molecule has 150 valence electrons. The molecule has 0 spiro atoms. The summed E-state index contributed by atoms with van der Waals surface area (Å²) in [5, 5.41) is 0.583. The van der Waals surface area contributed by atoms with Gasteiger partial charge in [-0.2, -0.15) is 0 Å². The van der Waals surface area contributed by atoms with E-state index in [9.17, 15) is 9.59 Å². The zero-order chi connectivity index (χ0) is 21.1. The summed E-state index contributed by atoms with van der Waals surface area (Å²) in [6.45, 7) is 3.38. The van der Waals surface area contributed by atoms with Gasteiger partial charge in [-0.15, -0.1) is 0 Å². The molecule has 1 aliphatic heterocycles. The first-order valence-corrected chi connectivity index (χ1v) is 10.2.